The van der Waals surface area contributed by atoms with E-state index in [4.69, 9.17) is 15.0 Å². The van der Waals surface area contributed by atoms with Gasteiger partial charge in [0.05, 0.1) is 0 Å². The first-order chi connectivity index (χ1) is 1.73. The van der Waals surface area contributed by atoms with E-state index in [1.807, 2.05) is 0 Å². The number of halogens is 1. The second-order valence-electron chi connectivity index (χ2n) is 0.250. The first-order valence-electron chi connectivity index (χ1n) is 0.612. The number of rotatable bonds is 0. The molecule has 15 nitrogen and oxygen atoms in total. The molecule has 0 aliphatic rings. The van der Waals surface area contributed by atoms with E-state index < -0.39 is 6.16 Å². The summed E-state index contributed by atoms with van der Waals surface area (Å²) in [5.41, 5.74) is 0. The molecule has 0 unspecified atom stereocenters. The topological polar surface area (TPSA) is 441 Å². The Hall–Kier alpha value is 2.08. The summed E-state index contributed by atoms with van der Waals surface area (Å²) in [6.07, 6.45) is -2.33. The molecule has 0 aromatic rings. The molecule has 0 aliphatic heterocycles. The third-order valence-electron chi connectivity index (χ3n) is 0. The maximum atomic E-state index is 8.33. The zero-order chi connectivity index (χ0) is 3.58. The summed E-state index contributed by atoms with van der Waals surface area (Å²) in [6.45, 7) is 0. The molecule has 0 aliphatic carbocycles. The Kier molecular flexibility index (Phi) is 6260. The van der Waals surface area contributed by atoms with Crippen LogP contribution in [0.25, 0.3) is 0 Å². The summed E-state index contributed by atoms with van der Waals surface area (Å²) in [7, 11) is 0. The summed E-state index contributed by atoms with van der Waals surface area (Å²) in [5.74, 6) is 0. The second kappa shape index (κ2) is 329. The number of carbonyl (C=O) groups is 1. The summed E-state index contributed by atoms with van der Waals surface area (Å²) < 4.78 is 0. The Balaban J connectivity index is -0.000000000375. The molecule has 0 fully saturated rings. The van der Waals surface area contributed by atoms with Crippen molar-refractivity contribution in [2.24, 2.45) is 0 Å². The Morgan fingerprint density at radius 1 is 0.450 bits per heavy atom. The Bertz CT molecular complexity index is 46.1. The van der Waals surface area contributed by atoms with Gasteiger partial charge < -0.3 is 93.1 Å². The van der Waals surface area contributed by atoms with Crippen molar-refractivity contribution in [2.45, 2.75) is 0 Å². The fourth-order valence-corrected chi connectivity index (χ4v) is 0. The number of hydrogen-bond donors (Lipinski definition) is 0. The average Bonchev–Trinajstić information content (AvgIpc) is 0.811. The van der Waals surface area contributed by atoms with Gasteiger partial charge in [0, 0.05) is 0 Å². The summed E-state index contributed by atoms with van der Waals surface area (Å²) in [6, 6.07) is 0. The maximum Gasteiger partial charge on any atom is 1.00 e. The van der Waals surface area contributed by atoms with Crippen molar-refractivity contribution in [3.05, 3.63) is 0 Å². The van der Waals surface area contributed by atoms with Gasteiger partial charge in [-0.1, -0.05) is 0 Å². The Labute approximate surface area is 186 Å². The standard InChI is InChI=1S/CH2O3.ClH.3Na.12H2O/c2-1(3)4;;;;;;;;;;;;;;;;/h(H2,2,3,4);1H;;;;12*1H2/q;;3*+1;;;;;;;;;;;;/p-3. The van der Waals surface area contributed by atoms with Gasteiger partial charge in [0.25, 0.3) is 0 Å². The van der Waals surface area contributed by atoms with Crippen LogP contribution in [-0.2, 0) is 0 Å². The largest absolute Gasteiger partial charge is 1.00 e. The van der Waals surface area contributed by atoms with Crippen LogP contribution in [0.1, 0.15) is 0 Å². The van der Waals surface area contributed by atoms with Crippen molar-refractivity contribution in [2.75, 3.05) is 0 Å². The minimum absolute atomic E-state index is 0. The quantitative estimate of drug-likeness (QED) is 0.369. The van der Waals surface area contributed by atoms with Gasteiger partial charge in [0.15, 0.2) is 0 Å². The molecule has 0 aromatic carbocycles. The molecule has 0 aromatic heterocycles. The predicted octanol–water partition coefficient (Wildman–Crippen LogP) is -24.3. The van der Waals surface area contributed by atoms with Gasteiger partial charge in [-0.2, -0.15) is 0 Å². The smallest absolute Gasteiger partial charge is 1.00 e. The van der Waals surface area contributed by atoms with Crippen LogP contribution in [0, 0.1) is 0 Å². The fraction of sp³-hybridized carbons (Fsp3) is 0. The van der Waals surface area contributed by atoms with Gasteiger partial charge in [0.2, 0.25) is 0 Å². The molecular formula is CH24ClNa3O15. The summed E-state index contributed by atoms with van der Waals surface area (Å²) in [5, 5.41) is 16.7. The van der Waals surface area contributed by atoms with Crippen LogP contribution in [0.4, 0.5) is 4.79 Å². The third kappa shape index (κ3) is 1690. The fourth-order valence-electron chi connectivity index (χ4n) is 0. The number of carbonyl (C=O) groups excluding carboxylic acids is 1. The van der Waals surface area contributed by atoms with E-state index in [0.29, 0.717) is 0 Å². The van der Waals surface area contributed by atoms with Gasteiger partial charge in [-0.3, -0.25) is 0 Å². The zero-order valence-electron chi connectivity index (χ0n) is 11.1. The molecule has 0 saturated heterocycles. The van der Waals surface area contributed by atoms with Crippen LogP contribution in [0.5, 0.6) is 0 Å². The van der Waals surface area contributed by atoms with Gasteiger partial charge in [-0.15, -0.1) is 0 Å². The second-order valence-corrected chi connectivity index (χ2v) is 0.250. The van der Waals surface area contributed by atoms with Crippen molar-refractivity contribution in [3.8, 4) is 0 Å². The van der Waals surface area contributed by atoms with E-state index in [0.717, 1.165) is 0 Å². The van der Waals surface area contributed by atoms with Crippen molar-refractivity contribution < 1.29 is 182 Å². The minimum Gasteiger partial charge on any atom is -1.00 e. The van der Waals surface area contributed by atoms with Crippen molar-refractivity contribution in [3.63, 3.8) is 0 Å². The molecule has 20 heavy (non-hydrogen) atoms. The van der Waals surface area contributed by atoms with Gasteiger partial charge in [-0.25, -0.2) is 0 Å². The van der Waals surface area contributed by atoms with Crippen LogP contribution in [0.2, 0.25) is 0 Å². The first-order valence-corrected chi connectivity index (χ1v) is 0.612. The molecule has 24 N–H and O–H groups in total. The first kappa shape index (κ1) is 380. The molecule has 0 bridgehead atoms. The average molecular weight is 381 g/mol. The molecule has 0 heterocycles. The Morgan fingerprint density at radius 2 is 0.450 bits per heavy atom. The monoisotopic (exact) mass is 380 g/mol. The minimum atomic E-state index is -2.33. The Morgan fingerprint density at radius 3 is 0.450 bits per heavy atom. The van der Waals surface area contributed by atoms with E-state index in [2.05, 4.69) is 0 Å². The number of carboxylic acid groups (broad SMARTS) is 2. The molecule has 128 valence electrons. The van der Waals surface area contributed by atoms with Gasteiger partial charge >= 0.3 is 88.7 Å². The summed E-state index contributed by atoms with van der Waals surface area (Å²) >= 11 is 0. The molecule has 0 saturated carbocycles. The molecule has 0 atom stereocenters. The van der Waals surface area contributed by atoms with Gasteiger partial charge in [-0.05, 0) is 6.16 Å². The zero-order valence-corrected chi connectivity index (χ0v) is 17.9. The number of hydrogen-bond acceptors (Lipinski definition) is 3. The molecule has 19 heteroatoms. The normalized spacial score (nSPS) is 1.20. The van der Waals surface area contributed by atoms with E-state index in [1.54, 1.807) is 0 Å². The molecule has 0 rings (SSSR count). The molecular weight excluding hydrogens is 356 g/mol. The van der Waals surface area contributed by atoms with Crippen molar-refractivity contribution >= 4 is 6.16 Å². The van der Waals surface area contributed by atoms with E-state index in [1.165, 1.54) is 0 Å². The third-order valence-corrected chi connectivity index (χ3v) is 0. The van der Waals surface area contributed by atoms with E-state index in [9.17, 15) is 0 Å². The van der Waals surface area contributed by atoms with Crippen molar-refractivity contribution in [1.82, 2.24) is 0 Å². The van der Waals surface area contributed by atoms with Crippen LogP contribution < -0.4 is 111 Å². The van der Waals surface area contributed by atoms with Crippen LogP contribution in [0.15, 0.2) is 0 Å². The van der Waals surface area contributed by atoms with Crippen LogP contribution in [0.3, 0.4) is 0 Å². The van der Waals surface area contributed by atoms with E-state index in [-0.39, 0.29) is 167 Å². The molecule has 0 amide bonds. The SMILES string of the molecule is O.O.O.O.O.O.O.O.O.O.O.O.O=C([O-])[O-].[Cl-].[Na+].[Na+].[Na+]. The van der Waals surface area contributed by atoms with E-state index >= 15 is 0 Å². The van der Waals surface area contributed by atoms with Crippen LogP contribution >= 0.6 is 0 Å². The molecule has 0 spiro atoms. The van der Waals surface area contributed by atoms with Crippen molar-refractivity contribution in [1.29, 1.82) is 0 Å². The summed E-state index contributed by atoms with van der Waals surface area (Å²) in [4.78, 5) is 8.33. The van der Waals surface area contributed by atoms with Gasteiger partial charge in [0.1, 0.15) is 0 Å². The van der Waals surface area contributed by atoms with Crippen LogP contribution in [-0.4, -0.2) is 71.9 Å². The predicted molar refractivity (Wildman–Crippen MR) is 48.8 cm³/mol. The maximum absolute atomic E-state index is 8.33. The molecule has 0 radical (unpaired) electrons.